The van der Waals surface area contributed by atoms with E-state index in [1.54, 1.807) is 0 Å². The first kappa shape index (κ1) is 11.4. The van der Waals surface area contributed by atoms with Crippen molar-refractivity contribution in [1.29, 1.82) is 0 Å². The van der Waals surface area contributed by atoms with Crippen LogP contribution in [0.4, 0.5) is 0 Å². The topological polar surface area (TPSA) is 64.4 Å². The molecule has 1 aliphatic carbocycles. The highest BCUT2D eigenvalue weighted by Gasteiger charge is 2.16. The van der Waals surface area contributed by atoms with Gasteiger partial charge in [0, 0.05) is 0 Å². The Labute approximate surface area is 75.2 Å². The molecule has 1 aliphatic rings. The zero-order chi connectivity index (χ0) is 9.40. The second-order valence-corrected chi connectivity index (χ2v) is 3.22. The van der Waals surface area contributed by atoms with Crippen LogP contribution in [0.1, 0.15) is 32.6 Å². The highest BCUT2D eigenvalue weighted by Crippen LogP contribution is 2.25. The Kier molecular flexibility index (Phi) is 6.76. The van der Waals surface area contributed by atoms with E-state index in [4.69, 9.17) is 5.73 Å². The largest absolute Gasteiger partial charge is 0.390 e. The lowest BCUT2D eigenvalue weighted by Crippen LogP contribution is -2.17. The van der Waals surface area contributed by atoms with Crippen LogP contribution in [0.5, 0.6) is 0 Å². The van der Waals surface area contributed by atoms with Crippen molar-refractivity contribution in [2.75, 3.05) is 7.05 Å². The van der Waals surface area contributed by atoms with Crippen molar-refractivity contribution < 1.29 is 0 Å². The maximum atomic E-state index is 5.21. The fraction of sp³-hybridized carbons (Fsp3) is 0.889. The lowest BCUT2D eigenvalue weighted by molar-refractivity contribution is 0.346. The number of hydrogen-bond acceptors (Lipinski definition) is 2. The fourth-order valence-electron chi connectivity index (χ4n) is 1.66. The summed E-state index contributed by atoms with van der Waals surface area (Å²) in [6.45, 7) is 2.29. The van der Waals surface area contributed by atoms with Crippen LogP contribution in [0, 0.1) is 5.92 Å². The Morgan fingerprint density at radius 1 is 1.33 bits per heavy atom. The first-order valence-corrected chi connectivity index (χ1v) is 4.64. The van der Waals surface area contributed by atoms with Crippen LogP contribution < -0.4 is 11.5 Å². The molecule has 0 amide bonds. The summed E-state index contributed by atoms with van der Waals surface area (Å²) in [4.78, 5) is 4.19. The highest BCUT2D eigenvalue weighted by atomic mass is 14.8. The van der Waals surface area contributed by atoms with E-state index in [0.717, 1.165) is 5.92 Å². The summed E-state index contributed by atoms with van der Waals surface area (Å²) < 4.78 is 0. The molecular weight excluding hydrogens is 150 g/mol. The van der Waals surface area contributed by atoms with Crippen LogP contribution in [-0.2, 0) is 0 Å². The van der Waals surface area contributed by atoms with Gasteiger partial charge in [0.05, 0.1) is 12.4 Å². The average Bonchev–Trinajstić information content (AvgIpc) is 2.09. The molecule has 0 aromatic carbocycles. The summed E-state index contributed by atoms with van der Waals surface area (Å²) in [5.41, 5.74) is 9.71. The van der Waals surface area contributed by atoms with E-state index in [-0.39, 0.29) is 0 Å². The van der Waals surface area contributed by atoms with Gasteiger partial charge in [-0.2, -0.15) is 0 Å². The van der Waals surface area contributed by atoms with E-state index in [9.17, 15) is 0 Å². The van der Waals surface area contributed by atoms with Gasteiger partial charge in [0.25, 0.3) is 0 Å². The Morgan fingerprint density at radius 2 is 2.00 bits per heavy atom. The molecule has 0 aromatic rings. The highest BCUT2D eigenvalue weighted by molar-refractivity contribution is 5.51. The van der Waals surface area contributed by atoms with Crippen molar-refractivity contribution in [2.24, 2.45) is 22.4 Å². The molecule has 0 heterocycles. The van der Waals surface area contributed by atoms with Crippen LogP contribution in [0.2, 0.25) is 0 Å². The number of hydrogen-bond donors (Lipinski definition) is 2. The van der Waals surface area contributed by atoms with Gasteiger partial charge in [-0.15, -0.1) is 0 Å². The van der Waals surface area contributed by atoms with Gasteiger partial charge in [0.1, 0.15) is 0 Å². The minimum absolute atomic E-state index is 0.522. The molecule has 1 saturated carbocycles. The second kappa shape index (κ2) is 7.10. The van der Waals surface area contributed by atoms with Gasteiger partial charge in [-0.05, 0) is 25.8 Å². The number of nitrogens with two attached hydrogens (primary N) is 2. The van der Waals surface area contributed by atoms with E-state index in [2.05, 4.69) is 17.6 Å². The lowest BCUT2D eigenvalue weighted by Gasteiger charge is -2.22. The Bertz CT molecular complexity index is 123. The minimum Gasteiger partial charge on any atom is -0.390 e. The third kappa shape index (κ3) is 4.34. The zero-order valence-corrected chi connectivity index (χ0v) is 8.16. The molecule has 1 rings (SSSR count). The Balaban J connectivity index is 0.000000561. The quantitative estimate of drug-likeness (QED) is 0.459. The Morgan fingerprint density at radius 3 is 2.50 bits per heavy atom. The number of nitrogens with zero attached hydrogens (tertiary/aromatic N) is 1. The lowest BCUT2D eigenvalue weighted by atomic mass is 9.87. The molecule has 0 spiro atoms. The normalized spacial score (nSPS) is 29.6. The molecule has 12 heavy (non-hydrogen) atoms. The third-order valence-corrected chi connectivity index (χ3v) is 2.21. The van der Waals surface area contributed by atoms with Gasteiger partial charge in [0.2, 0.25) is 0 Å². The predicted octanol–water partition coefficient (Wildman–Crippen LogP) is 1.13. The van der Waals surface area contributed by atoms with Crippen LogP contribution in [-0.4, -0.2) is 19.4 Å². The van der Waals surface area contributed by atoms with Crippen LogP contribution in [0.15, 0.2) is 4.99 Å². The van der Waals surface area contributed by atoms with Crippen molar-refractivity contribution in [2.45, 2.75) is 38.6 Å². The van der Waals surface area contributed by atoms with E-state index in [0.29, 0.717) is 6.04 Å². The molecule has 72 valence electrons. The van der Waals surface area contributed by atoms with E-state index >= 15 is 0 Å². The molecular formula is C9H21N3. The smallest absolute Gasteiger partial charge is 0.0801 e. The maximum absolute atomic E-state index is 5.21. The van der Waals surface area contributed by atoms with E-state index < -0.39 is 0 Å². The van der Waals surface area contributed by atoms with Crippen molar-refractivity contribution in [3.63, 3.8) is 0 Å². The van der Waals surface area contributed by atoms with Crippen molar-refractivity contribution in [1.82, 2.24) is 0 Å². The number of rotatable bonds is 1. The molecule has 2 unspecified atom stereocenters. The third-order valence-electron chi connectivity index (χ3n) is 2.21. The zero-order valence-electron chi connectivity index (χ0n) is 8.16. The average molecular weight is 171 g/mol. The SMILES string of the molecule is CC1CCCC(N=CN)C1.CN. The van der Waals surface area contributed by atoms with Crippen LogP contribution in [0.3, 0.4) is 0 Å². The van der Waals surface area contributed by atoms with E-state index in [1.165, 1.54) is 39.1 Å². The summed E-state index contributed by atoms with van der Waals surface area (Å²) in [6.07, 6.45) is 6.61. The van der Waals surface area contributed by atoms with Crippen molar-refractivity contribution >= 4 is 6.34 Å². The maximum Gasteiger partial charge on any atom is 0.0801 e. The monoisotopic (exact) mass is 171 g/mol. The van der Waals surface area contributed by atoms with Crippen LogP contribution >= 0.6 is 0 Å². The summed E-state index contributed by atoms with van der Waals surface area (Å²) in [7, 11) is 1.50. The molecule has 2 atom stereocenters. The van der Waals surface area contributed by atoms with Crippen molar-refractivity contribution in [3.8, 4) is 0 Å². The Hall–Kier alpha value is -0.570. The molecule has 0 saturated heterocycles. The molecule has 3 nitrogen and oxygen atoms in total. The van der Waals surface area contributed by atoms with Crippen molar-refractivity contribution in [3.05, 3.63) is 0 Å². The first-order valence-electron chi connectivity index (χ1n) is 4.64. The van der Waals surface area contributed by atoms with Gasteiger partial charge in [-0.1, -0.05) is 19.8 Å². The summed E-state index contributed by atoms with van der Waals surface area (Å²) in [5, 5.41) is 0. The van der Waals surface area contributed by atoms with Gasteiger partial charge < -0.3 is 11.5 Å². The molecule has 4 N–H and O–H groups in total. The van der Waals surface area contributed by atoms with E-state index in [1.807, 2.05) is 0 Å². The van der Waals surface area contributed by atoms with Gasteiger partial charge in [-0.3, -0.25) is 4.99 Å². The first-order chi connectivity index (χ1) is 5.83. The standard InChI is InChI=1S/C8H16N2.CH5N/c1-7-3-2-4-8(5-7)10-6-9;1-2/h6-8H,2-5H2,1H3,(H2,9,10);2H2,1H3. The molecule has 0 radical (unpaired) electrons. The second-order valence-electron chi connectivity index (χ2n) is 3.22. The molecule has 0 bridgehead atoms. The van der Waals surface area contributed by atoms with Gasteiger partial charge in [0.15, 0.2) is 0 Å². The molecule has 3 heteroatoms. The summed E-state index contributed by atoms with van der Waals surface area (Å²) >= 11 is 0. The molecule has 1 fully saturated rings. The van der Waals surface area contributed by atoms with Gasteiger partial charge >= 0.3 is 0 Å². The number of aliphatic imine (C=N–C) groups is 1. The molecule has 0 aliphatic heterocycles. The van der Waals surface area contributed by atoms with Crippen LogP contribution in [0.25, 0.3) is 0 Å². The summed E-state index contributed by atoms with van der Waals surface area (Å²) in [6, 6.07) is 0.522. The fourth-order valence-corrected chi connectivity index (χ4v) is 1.66. The van der Waals surface area contributed by atoms with Gasteiger partial charge in [-0.25, -0.2) is 0 Å². The molecule has 0 aromatic heterocycles. The minimum atomic E-state index is 0.522. The summed E-state index contributed by atoms with van der Waals surface area (Å²) in [5.74, 6) is 0.849. The predicted molar refractivity (Wildman–Crippen MR) is 54.2 cm³/mol.